The third-order valence-corrected chi connectivity index (χ3v) is 10.8. The van der Waals surface area contributed by atoms with Gasteiger partial charge >= 0.3 is 0 Å². The van der Waals surface area contributed by atoms with E-state index in [0.29, 0.717) is 16.7 Å². The molecule has 16 heteroatoms. The molecule has 1 amide bonds. The van der Waals surface area contributed by atoms with Gasteiger partial charge in [-0.3, -0.25) is 19.8 Å². The molecule has 0 aliphatic carbocycles. The molecule has 2 saturated heterocycles. The van der Waals surface area contributed by atoms with Crippen molar-refractivity contribution < 1.29 is 34.2 Å². The molecule has 42 heavy (non-hydrogen) atoms. The summed E-state index contributed by atoms with van der Waals surface area (Å²) in [7, 11) is 1.90. The molecule has 2 aliphatic heterocycles. The highest BCUT2D eigenvalue weighted by Crippen LogP contribution is 2.39. The van der Waals surface area contributed by atoms with E-state index in [2.05, 4.69) is 22.4 Å². The summed E-state index contributed by atoms with van der Waals surface area (Å²) < 4.78 is 20.4. The van der Waals surface area contributed by atoms with Crippen molar-refractivity contribution in [3.8, 4) is 10.6 Å². The number of nitro benzene ring substituents is 1. The van der Waals surface area contributed by atoms with E-state index in [4.69, 9.17) is 4.74 Å². The second kappa shape index (κ2) is 14.2. The number of ether oxygens (including phenoxy) is 1. The van der Waals surface area contributed by atoms with E-state index in [1.54, 1.807) is 13.2 Å². The number of aliphatic hydroxyl groups excluding tert-OH is 3. The van der Waals surface area contributed by atoms with Gasteiger partial charge in [-0.1, -0.05) is 43.4 Å². The zero-order valence-corrected chi connectivity index (χ0v) is 26.1. The van der Waals surface area contributed by atoms with E-state index >= 15 is 0 Å². The fourth-order valence-corrected chi connectivity index (χ4v) is 8.50. The maximum absolute atomic E-state index is 13.9. The number of thioether (sulfide) groups is 2. The number of likely N-dealkylation sites (tertiary alicyclic amines) is 1. The summed E-state index contributed by atoms with van der Waals surface area (Å²) in [6.45, 7) is 4.70. The number of nitrogens with one attached hydrogen (secondary N) is 1. The smallest absolute Gasteiger partial charge is 0.279 e. The average molecular weight is 646 g/mol. The number of halogens is 1. The van der Waals surface area contributed by atoms with Crippen LogP contribution < -0.4 is 5.32 Å². The molecule has 12 nitrogen and oxygen atoms in total. The average Bonchev–Trinajstić information content (AvgIpc) is 3.57. The Kier molecular flexibility index (Phi) is 11.2. The Morgan fingerprint density at radius 3 is 2.71 bits per heavy atom. The van der Waals surface area contributed by atoms with Crippen molar-refractivity contribution in [3.63, 3.8) is 0 Å². The lowest BCUT2D eigenvalue weighted by Gasteiger charge is -2.44. The van der Waals surface area contributed by atoms with Gasteiger partial charge in [0.05, 0.1) is 22.6 Å². The lowest BCUT2D eigenvalue weighted by molar-refractivity contribution is -0.384. The zero-order chi connectivity index (χ0) is 30.7. The molecule has 0 spiro atoms. The summed E-state index contributed by atoms with van der Waals surface area (Å²) in [5, 5.41) is 54.4. The number of aromatic nitrogens is 2. The van der Waals surface area contributed by atoms with Gasteiger partial charge in [0.1, 0.15) is 35.7 Å². The highest BCUT2D eigenvalue weighted by molar-refractivity contribution is 8.01. The standard InChI is InChI=1S/C26H36FN5O7S3/c1-5-6-13-9-17(31(3)11-13)23(36)28-18(22-20(34)19(33)21(35)25(39-22)40-4)12(2)41-26-30-29-24(42-26)15-10-14(27)7-8-16(15)32(37)38/h7-8,10,12-13,17-22,25,33-35H,5-6,9,11H2,1-4H3,(H,28,36)/t12?,13-,17+,18?,19+,20-,21-,22-,25-/m1/s1. The summed E-state index contributed by atoms with van der Waals surface area (Å²) in [6, 6.07) is 1.90. The van der Waals surface area contributed by atoms with Gasteiger partial charge < -0.3 is 25.4 Å². The van der Waals surface area contributed by atoms with E-state index in [-0.39, 0.29) is 28.2 Å². The molecule has 2 fully saturated rings. The molecule has 3 heterocycles. The summed E-state index contributed by atoms with van der Waals surface area (Å²) in [4.78, 5) is 26.5. The van der Waals surface area contributed by atoms with Gasteiger partial charge in [-0.15, -0.1) is 22.0 Å². The lowest BCUT2D eigenvalue weighted by atomic mass is 9.92. The van der Waals surface area contributed by atoms with E-state index in [1.807, 2.05) is 11.9 Å². The fourth-order valence-electron chi connectivity index (χ4n) is 5.56. The lowest BCUT2D eigenvalue weighted by Crippen LogP contribution is -2.65. The van der Waals surface area contributed by atoms with Crippen LogP contribution in [0.1, 0.15) is 33.1 Å². The van der Waals surface area contributed by atoms with Gasteiger partial charge in [0.25, 0.3) is 5.69 Å². The monoisotopic (exact) mass is 645 g/mol. The highest BCUT2D eigenvalue weighted by atomic mass is 32.2. The molecule has 0 bridgehead atoms. The summed E-state index contributed by atoms with van der Waals surface area (Å²) >= 11 is 3.40. The number of carbonyl (C=O) groups excluding carboxylic acids is 1. The third kappa shape index (κ3) is 7.23. The number of hydrogen-bond acceptors (Lipinski definition) is 13. The predicted octanol–water partition coefficient (Wildman–Crippen LogP) is 2.51. The van der Waals surface area contributed by atoms with Crippen LogP contribution in [0.2, 0.25) is 0 Å². The van der Waals surface area contributed by atoms with Crippen molar-refractivity contribution in [2.24, 2.45) is 5.92 Å². The molecule has 1 aromatic heterocycles. The Bertz CT molecular complexity index is 1260. The molecular formula is C26H36FN5O7S3. The van der Waals surface area contributed by atoms with Gasteiger partial charge in [-0.2, -0.15) is 0 Å². The van der Waals surface area contributed by atoms with Crippen LogP contribution in [0.25, 0.3) is 10.6 Å². The first-order valence-electron chi connectivity index (χ1n) is 13.6. The second-order valence-corrected chi connectivity index (χ2v) is 14.2. The number of benzene rings is 1. The van der Waals surface area contributed by atoms with Crippen LogP contribution in [0, 0.1) is 21.8 Å². The van der Waals surface area contributed by atoms with E-state index in [0.717, 1.165) is 48.9 Å². The number of amides is 1. The van der Waals surface area contributed by atoms with Crippen LogP contribution in [-0.2, 0) is 9.53 Å². The molecule has 1 aromatic carbocycles. The van der Waals surface area contributed by atoms with Crippen molar-refractivity contribution in [1.29, 1.82) is 0 Å². The molecule has 0 radical (unpaired) electrons. The van der Waals surface area contributed by atoms with Crippen molar-refractivity contribution >= 4 is 46.5 Å². The molecule has 4 N–H and O–H groups in total. The number of carbonyl (C=O) groups is 1. The summed E-state index contributed by atoms with van der Waals surface area (Å²) in [5.74, 6) is -0.497. The van der Waals surface area contributed by atoms with Crippen LogP contribution in [0.3, 0.4) is 0 Å². The Balaban J connectivity index is 1.59. The zero-order valence-electron chi connectivity index (χ0n) is 23.6. The number of likely N-dealkylation sites (N-methyl/N-ethyl adjacent to an activating group) is 1. The molecule has 9 atom stereocenters. The number of aliphatic hydroxyl groups is 3. The van der Waals surface area contributed by atoms with Gasteiger partial charge in [0.2, 0.25) is 5.91 Å². The number of rotatable bonds is 11. The molecular weight excluding hydrogens is 610 g/mol. The van der Waals surface area contributed by atoms with Crippen molar-refractivity contribution in [3.05, 3.63) is 34.1 Å². The topological polar surface area (TPSA) is 171 Å². The van der Waals surface area contributed by atoms with Crippen LogP contribution in [-0.4, -0.2) is 108 Å². The van der Waals surface area contributed by atoms with Gasteiger partial charge in [-0.25, -0.2) is 4.39 Å². The predicted molar refractivity (Wildman–Crippen MR) is 159 cm³/mol. The summed E-state index contributed by atoms with van der Waals surface area (Å²) in [6.07, 6.45) is -0.957. The molecule has 4 rings (SSSR count). The normalized spacial score (nSPS) is 29.8. The number of nitrogens with zero attached hydrogens (tertiary/aromatic N) is 4. The first-order valence-corrected chi connectivity index (χ1v) is 16.6. The molecule has 2 aliphatic rings. The minimum absolute atomic E-state index is 0.00119. The van der Waals surface area contributed by atoms with Crippen LogP contribution in [0.15, 0.2) is 22.5 Å². The van der Waals surface area contributed by atoms with Crippen molar-refractivity contribution in [2.75, 3.05) is 19.8 Å². The first-order chi connectivity index (χ1) is 19.9. The Labute approximate surface area is 255 Å². The number of nitro groups is 1. The van der Waals surface area contributed by atoms with Gasteiger partial charge in [-0.05, 0) is 44.2 Å². The SMILES string of the molecule is CCC[C@@H]1C[C@@H](C(=O)NC(C(C)Sc2nnc(-c3cc(F)ccc3[N+](=O)[O-])s2)[C@H]2O[C@H](SC)[C@H](O)[C@@H](O)[C@H]2O)N(C)C1. The summed E-state index contributed by atoms with van der Waals surface area (Å²) in [5.41, 5.74) is -1.15. The van der Waals surface area contributed by atoms with E-state index in [9.17, 15) is 34.6 Å². The maximum atomic E-state index is 13.9. The second-order valence-electron chi connectivity index (χ2n) is 10.7. The first kappa shape index (κ1) is 33.0. The third-order valence-electron chi connectivity index (χ3n) is 7.72. The minimum Gasteiger partial charge on any atom is -0.388 e. The van der Waals surface area contributed by atoms with Crippen molar-refractivity contribution in [1.82, 2.24) is 20.4 Å². The fraction of sp³-hybridized carbons (Fsp3) is 0.654. The van der Waals surface area contributed by atoms with Gasteiger partial charge in [0, 0.05) is 17.9 Å². The molecule has 2 unspecified atom stereocenters. The van der Waals surface area contributed by atoms with Crippen LogP contribution in [0.5, 0.6) is 0 Å². The van der Waals surface area contributed by atoms with Gasteiger partial charge in [0.15, 0.2) is 9.35 Å². The molecule has 232 valence electrons. The quantitative estimate of drug-likeness (QED) is 0.160. The Hall–Kier alpha value is -1.92. The Morgan fingerprint density at radius 1 is 1.31 bits per heavy atom. The van der Waals surface area contributed by atoms with Crippen molar-refractivity contribution in [2.45, 2.75) is 84.6 Å². The number of hydrogen-bond donors (Lipinski definition) is 4. The largest absolute Gasteiger partial charge is 0.388 e. The van der Waals surface area contributed by atoms with E-state index in [1.165, 1.54) is 23.5 Å². The molecule has 0 saturated carbocycles. The minimum atomic E-state index is -1.50. The van der Waals surface area contributed by atoms with Crippen LogP contribution in [0.4, 0.5) is 10.1 Å². The van der Waals surface area contributed by atoms with Crippen LogP contribution >= 0.6 is 34.9 Å². The highest BCUT2D eigenvalue weighted by Gasteiger charge is 2.49. The Morgan fingerprint density at radius 2 is 2.05 bits per heavy atom. The molecule has 2 aromatic rings. The maximum Gasteiger partial charge on any atom is 0.279 e. The van der Waals surface area contributed by atoms with E-state index < -0.39 is 51.9 Å².